The van der Waals surface area contributed by atoms with Crippen molar-refractivity contribution in [2.24, 2.45) is 0 Å². The zero-order valence-electron chi connectivity index (χ0n) is 23.9. The average molecular weight is 562 g/mol. The predicted molar refractivity (Wildman–Crippen MR) is 186 cm³/mol. The fourth-order valence-corrected chi connectivity index (χ4v) is 6.77. The summed E-state index contributed by atoms with van der Waals surface area (Å²) in [7, 11) is 0. The summed E-state index contributed by atoms with van der Waals surface area (Å²) >= 11 is 0. The minimum atomic E-state index is 0.919. The van der Waals surface area contributed by atoms with Gasteiger partial charge in [0.25, 0.3) is 0 Å². The first kappa shape index (κ1) is 24.7. The Morgan fingerprint density at radius 2 is 0.773 bits per heavy atom. The quantitative estimate of drug-likeness (QED) is 0.199. The molecule has 0 radical (unpaired) electrons. The van der Waals surface area contributed by atoms with Crippen molar-refractivity contribution in [3.8, 4) is 11.1 Å². The van der Waals surface area contributed by atoms with E-state index in [1.807, 2.05) is 12.1 Å². The van der Waals surface area contributed by atoms with Gasteiger partial charge in [0.05, 0.1) is 0 Å². The molecule has 1 aromatic heterocycles. The number of anilines is 3. The van der Waals surface area contributed by atoms with Gasteiger partial charge in [0.1, 0.15) is 11.2 Å². The van der Waals surface area contributed by atoms with Crippen LogP contribution in [0.5, 0.6) is 0 Å². The van der Waals surface area contributed by atoms with Gasteiger partial charge in [0.15, 0.2) is 0 Å². The Hall–Kier alpha value is -5.86. The van der Waals surface area contributed by atoms with Gasteiger partial charge in [-0.15, -0.1) is 0 Å². The largest absolute Gasteiger partial charge is 0.456 e. The first-order valence-corrected chi connectivity index (χ1v) is 15.0. The number of rotatable bonds is 4. The maximum absolute atomic E-state index is 6.10. The van der Waals surface area contributed by atoms with Crippen molar-refractivity contribution in [2.45, 2.75) is 0 Å². The lowest BCUT2D eigenvalue weighted by molar-refractivity contribution is 0.669. The summed E-state index contributed by atoms with van der Waals surface area (Å²) in [5.41, 5.74) is 7.63. The van der Waals surface area contributed by atoms with Crippen molar-refractivity contribution < 1.29 is 4.42 Å². The summed E-state index contributed by atoms with van der Waals surface area (Å²) in [5, 5.41) is 9.84. The minimum Gasteiger partial charge on any atom is -0.456 e. The smallest absolute Gasteiger partial charge is 0.135 e. The lowest BCUT2D eigenvalue weighted by Gasteiger charge is -2.26. The molecule has 0 N–H and O–H groups in total. The third-order valence-electron chi connectivity index (χ3n) is 8.82. The van der Waals surface area contributed by atoms with Gasteiger partial charge in [-0.3, -0.25) is 0 Å². The molecule has 2 heteroatoms. The molecule has 2 nitrogen and oxygen atoms in total. The lowest BCUT2D eigenvalue weighted by Crippen LogP contribution is -2.09. The van der Waals surface area contributed by atoms with E-state index in [-0.39, 0.29) is 0 Å². The highest BCUT2D eigenvalue weighted by molar-refractivity contribution is 6.26. The minimum absolute atomic E-state index is 0.919. The number of fused-ring (bicyclic) bond motifs is 9. The van der Waals surface area contributed by atoms with Crippen LogP contribution in [-0.2, 0) is 0 Å². The summed E-state index contributed by atoms with van der Waals surface area (Å²) in [6.45, 7) is 0. The number of benzene rings is 8. The van der Waals surface area contributed by atoms with Gasteiger partial charge in [-0.25, -0.2) is 0 Å². The van der Waals surface area contributed by atoms with Crippen LogP contribution in [0.2, 0.25) is 0 Å². The van der Waals surface area contributed by atoms with Crippen molar-refractivity contribution in [2.75, 3.05) is 4.90 Å². The second kappa shape index (κ2) is 9.86. The van der Waals surface area contributed by atoms with E-state index >= 15 is 0 Å². The number of hydrogen-bond acceptors (Lipinski definition) is 2. The molecule has 8 aromatic carbocycles. The number of hydrogen-bond donors (Lipinski definition) is 0. The van der Waals surface area contributed by atoms with E-state index < -0.39 is 0 Å². The van der Waals surface area contributed by atoms with Crippen LogP contribution < -0.4 is 4.90 Å². The molecule has 0 amide bonds. The molecule has 0 unspecified atom stereocenters. The fraction of sp³-hybridized carbons (Fsp3) is 0. The zero-order valence-corrected chi connectivity index (χ0v) is 23.9. The standard InChI is InChI=1S/C42H27NO/c1-3-11-30(12-4-1)43(31-13-5-2-6-14-31)32-21-23-36-35-22-19-28(25-38(35)33-15-7-8-16-34(33)39(36)27-32)29-20-24-42-40(26-29)37-17-9-10-18-41(37)44-42/h1-27H. The van der Waals surface area contributed by atoms with E-state index in [0.29, 0.717) is 0 Å². The van der Waals surface area contributed by atoms with Crippen LogP contribution >= 0.6 is 0 Å². The molecule has 0 saturated heterocycles. The summed E-state index contributed by atoms with van der Waals surface area (Å²) in [6, 6.07) is 58.6. The molecule has 1 heterocycles. The monoisotopic (exact) mass is 561 g/mol. The Morgan fingerprint density at radius 1 is 0.295 bits per heavy atom. The van der Waals surface area contributed by atoms with E-state index in [2.05, 4.69) is 157 Å². The summed E-state index contributed by atoms with van der Waals surface area (Å²) in [5.74, 6) is 0. The SMILES string of the molecule is c1ccc(N(c2ccccc2)c2ccc3c4ccc(-c5ccc6oc7ccccc7c6c5)cc4c4ccccc4c3c2)cc1. The van der Waals surface area contributed by atoms with E-state index in [9.17, 15) is 0 Å². The highest BCUT2D eigenvalue weighted by Gasteiger charge is 2.16. The summed E-state index contributed by atoms with van der Waals surface area (Å²) < 4.78 is 6.10. The Balaban J connectivity index is 1.25. The van der Waals surface area contributed by atoms with Crippen molar-refractivity contribution >= 4 is 71.3 Å². The molecule has 0 aliphatic rings. The average Bonchev–Trinajstić information content (AvgIpc) is 3.47. The third-order valence-corrected chi connectivity index (χ3v) is 8.82. The highest BCUT2D eigenvalue weighted by Crippen LogP contribution is 2.42. The number of nitrogens with zero attached hydrogens (tertiary/aromatic N) is 1. The summed E-state index contributed by atoms with van der Waals surface area (Å²) in [4.78, 5) is 2.33. The molecule has 9 aromatic rings. The molecular weight excluding hydrogens is 534 g/mol. The maximum atomic E-state index is 6.10. The van der Waals surface area contributed by atoms with Crippen molar-refractivity contribution in [3.63, 3.8) is 0 Å². The van der Waals surface area contributed by atoms with Crippen LogP contribution in [-0.4, -0.2) is 0 Å². The normalized spacial score (nSPS) is 11.6. The molecule has 0 bridgehead atoms. The van der Waals surface area contributed by atoms with Crippen LogP contribution in [0.25, 0.3) is 65.4 Å². The molecule has 0 atom stereocenters. The number of furan rings is 1. The first-order chi connectivity index (χ1) is 21.8. The van der Waals surface area contributed by atoms with Crippen LogP contribution in [0.1, 0.15) is 0 Å². The second-order valence-corrected chi connectivity index (χ2v) is 11.4. The maximum Gasteiger partial charge on any atom is 0.135 e. The zero-order chi connectivity index (χ0) is 29.0. The van der Waals surface area contributed by atoms with E-state index in [4.69, 9.17) is 4.42 Å². The van der Waals surface area contributed by atoms with Gasteiger partial charge in [0, 0.05) is 27.8 Å². The van der Waals surface area contributed by atoms with Gasteiger partial charge in [-0.2, -0.15) is 0 Å². The van der Waals surface area contributed by atoms with E-state index in [1.54, 1.807) is 0 Å². The van der Waals surface area contributed by atoms with Crippen molar-refractivity contribution in [1.82, 2.24) is 0 Å². The van der Waals surface area contributed by atoms with Gasteiger partial charge in [-0.1, -0.05) is 103 Å². The first-order valence-electron chi connectivity index (χ1n) is 15.0. The van der Waals surface area contributed by atoms with Crippen LogP contribution in [0.4, 0.5) is 17.1 Å². The third kappa shape index (κ3) is 3.89. The predicted octanol–water partition coefficient (Wildman–Crippen LogP) is 12.2. The Kier molecular flexibility index (Phi) is 5.54. The molecule has 0 spiro atoms. The van der Waals surface area contributed by atoms with Crippen molar-refractivity contribution in [3.05, 3.63) is 164 Å². The topological polar surface area (TPSA) is 16.4 Å². The molecule has 0 saturated carbocycles. The Bertz CT molecular complexity index is 2430. The lowest BCUT2D eigenvalue weighted by atomic mass is 9.91. The molecule has 0 aliphatic heterocycles. The van der Waals surface area contributed by atoms with Gasteiger partial charge in [0.2, 0.25) is 0 Å². The molecular formula is C42H27NO. The molecule has 44 heavy (non-hydrogen) atoms. The van der Waals surface area contributed by atoms with Crippen LogP contribution in [0, 0.1) is 0 Å². The summed E-state index contributed by atoms with van der Waals surface area (Å²) in [6.07, 6.45) is 0. The second-order valence-electron chi connectivity index (χ2n) is 11.4. The molecule has 9 rings (SSSR count). The fourth-order valence-electron chi connectivity index (χ4n) is 6.77. The van der Waals surface area contributed by atoms with Gasteiger partial charge >= 0.3 is 0 Å². The van der Waals surface area contributed by atoms with Crippen LogP contribution in [0.15, 0.2) is 168 Å². The highest BCUT2D eigenvalue weighted by atomic mass is 16.3. The van der Waals surface area contributed by atoms with E-state index in [0.717, 1.165) is 39.0 Å². The van der Waals surface area contributed by atoms with Crippen molar-refractivity contribution in [1.29, 1.82) is 0 Å². The van der Waals surface area contributed by atoms with Crippen LogP contribution in [0.3, 0.4) is 0 Å². The van der Waals surface area contributed by atoms with E-state index in [1.165, 1.54) is 43.4 Å². The Morgan fingerprint density at radius 3 is 1.45 bits per heavy atom. The van der Waals surface area contributed by atoms with Gasteiger partial charge in [-0.05, 0) is 104 Å². The molecule has 0 fully saturated rings. The molecule has 206 valence electrons. The molecule has 0 aliphatic carbocycles. The number of para-hydroxylation sites is 3. The Labute approximate surface area is 255 Å². The van der Waals surface area contributed by atoms with Gasteiger partial charge < -0.3 is 9.32 Å².